The second-order valence-electron chi connectivity index (χ2n) is 5.55. The summed E-state index contributed by atoms with van der Waals surface area (Å²) in [5.41, 5.74) is 2.83. The molecule has 19 heavy (non-hydrogen) atoms. The van der Waals surface area contributed by atoms with Gasteiger partial charge in [-0.1, -0.05) is 6.92 Å². The zero-order valence-electron chi connectivity index (χ0n) is 11.9. The lowest BCUT2D eigenvalue weighted by Gasteiger charge is -2.39. The maximum Gasteiger partial charge on any atom is 0.227 e. The summed E-state index contributed by atoms with van der Waals surface area (Å²) in [5, 5.41) is 16.5. The van der Waals surface area contributed by atoms with Crippen LogP contribution in [0.25, 0.3) is 0 Å². The van der Waals surface area contributed by atoms with Gasteiger partial charge in [0.05, 0.1) is 24.8 Å². The number of aryl methyl sites for hydroxylation is 2. The van der Waals surface area contributed by atoms with Crippen LogP contribution in [0.5, 0.6) is 0 Å². The molecule has 0 aliphatic carbocycles. The average molecular weight is 265 g/mol. The van der Waals surface area contributed by atoms with Crippen LogP contribution >= 0.6 is 0 Å². The molecule has 5 heteroatoms. The van der Waals surface area contributed by atoms with E-state index < -0.39 is 0 Å². The Bertz CT molecular complexity index is 436. The van der Waals surface area contributed by atoms with Crippen LogP contribution in [-0.2, 0) is 11.2 Å². The summed E-state index contributed by atoms with van der Waals surface area (Å²) in [7, 11) is 0. The standard InChI is InChI=1S/C14H23N3O2/c1-9-5-4-6-17(13(9)8-18)14(19)7-12-10(2)15-16-11(12)3/h9,13,18H,4-8H2,1-3H3,(H,15,16)/t9-,13+/m1/s1. The summed E-state index contributed by atoms with van der Waals surface area (Å²) < 4.78 is 0. The molecule has 1 amide bonds. The molecular formula is C14H23N3O2. The number of aliphatic hydroxyl groups excluding tert-OH is 1. The van der Waals surface area contributed by atoms with E-state index in [4.69, 9.17) is 0 Å². The molecule has 0 saturated carbocycles. The number of rotatable bonds is 3. The third-order valence-corrected chi connectivity index (χ3v) is 4.23. The van der Waals surface area contributed by atoms with E-state index >= 15 is 0 Å². The van der Waals surface area contributed by atoms with Crippen LogP contribution in [0, 0.1) is 19.8 Å². The van der Waals surface area contributed by atoms with E-state index in [0.29, 0.717) is 12.3 Å². The van der Waals surface area contributed by atoms with Gasteiger partial charge in [0.2, 0.25) is 5.91 Å². The normalized spacial score (nSPS) is 23.7. The number of aromatic amines is 1. The fraction of sp³-hybridized carbons (Fsp3) is 0.714. The number of piperidine rings is 1. The highest BCUT2D eigenvalue weighted by atomic mass is 16.3. The third kappa shape index (κ3) is 2.81. The van der Waals surface area contributed by atoms with E-state index in [1.54, 1.807) is 0 Å². The van der Waals surface area contributed by atoms with Gasteiger partial charge in [0.15, 0.2) is 0 Å². The van der Waals surface area contributed by atoms with Crippen molar-refractivity contribution in [2.75, 3.05) is 13.2 Å². The third-order valence-electron chi connectivity index (χ3n) is 4.23. The number of carbonyl (C=O) groups excluding carboxylic acids is 1. The van der Waals surface area contributed by atoms with Gasteiger partial charge in [0.25, 0.3) is 0 Å². The van der Waals surface area contributed by atoms with Gasteiger partial charge < -0.3 is 10.0 Å². The predicted octanol–water partition coefficient (Wildman–Crippen LogP) is 1.19. The SMILES string of the molecule is Cc1n[nH]c(C)c1CC(=O)N1CCC[C@@H](C)[C@@H]1CO. The zero-order valence-corrected chi connectivity index (χ0v) is 11.9. The first kappa shape index (κ1) is 14.1. The van der Waals surface area contributed by atoms with Crippen LogP contribution in [0.15, 0.2) is 0 Å². The molecule has 2 heterocycles. The van der Waals surface area contributed by atoms with Crippen molar-refractivity contribution >= 4 is 5.91 Å². The summed E-state index contributed by atoms with van der Waals surface area (Å²) in [5.74, 6) is 0.465. The van der Waals surface area contributed by atoms with E-state index in [1.165, 1.54) is 0 Å². The predicted molar refractivity (Wildman–Crippen MR) is 72.8 cm³/mol. The Balaban J connectivity index is 2.10. The minimum Gasteiger partial charge on any atom is -0.394 e. The van der Waals surface area contributed by atoms with Gasteiger partial charge in [-0.15, -0.1) is 0 Å². The monoisotopic (exact) mass is 265 g/mol. The van der Waals surface area contributed by atoms with E-state index in [-0.39, 0.29) is 18.6 Å². The summed E-state index contributed by atoms with van der Waals surface area (Å²) in [6.07, 6.45) is 2.48. The summed E-state index contributed by atoms with van der Waals surface area (Å²) in [6, 6.07) is -0.0336. The molecule has 5 nitrogen and oxygen atoms in total. The fourth-order valence-electron chi connectivity index (χ4n) is 2.92. The number of hydrogen-bond donors (Lipinski definition) is 2. The number of likely N-dealkylation sites (tertiary alicyclic amines) is 1. The van der Waals surface area contributed by atoms with Crippen LogP contribution in [0.1, 0.15) is 36.7 Å². The van der Waals surface area contributed by atoms with Crippen molar-refractivity contribution in [3.05, 3.63) is 17.0 Å². The largest absolute Gasteiger partial charge is 0.394 e. The van der Waals surface area contributed by atoms with Crippen LogP contribution in [-0.4, -0.2) is 45.3 Å². The molecule has 0 aromatic carbocycles. The molecule has 0 unspecified atom stereocenters. The number of aromatic nitrogens is 2. The van der Waals surface area contributed by atoms with Crippen molar-refractivity contribution in [3.63, 3.8) is 0 Å². The first-order valence-electron chi connectivity index (χ1n) is 6.95. The number of amides is 1. The van der Waals surface area contributed by atoms with Crippen molar-refractivity contribution in [2.45, 2.75) is 46.1 Å². The van der Waals surface area contributed by atoms with Gasteiger partial charge >= 0.3 is 0 Å². The summed E-state index contributed by atoms with van der Waals surface area (Å²) in [6.45, 7) is 6.76. The molecule has 0 spiro atoms. The fourth-order valence-corrected chi connectivity index (χ4v) is 2.92. The van der Waals surface area contributed by atoms with Gasteiger partial charge in [-0.3, -0.25) is 9.89 Å². The molecule has 1 saturated heterocycles. The number of hydrogen-bond acceptors (Lipinski definition) is 3. The molecule has 1 aromatic heterocycles. The quantitative estimate of drug-likeness (QED) is 0.862. The molecule has 0 radical (unpaired) electrons. The lowest BCUT2D eigenvalue weighted by atomic mass is 9.90. The van der Waals surface area contributed by atoms with E-state index in [2.05, 4.69) is 17.1 Å². The number of H-pyrrole nitrogens is 1. The van der Waals surface area contributed by atoms with Crippen LogP contribution < -0.4 is 0 Å². The van der Waals surface area contributed by atoms with E-state index in [1.807, 2.05) is 18.7 Å². The number of nitrogens with zero attached hydrogens (tertiary/aromatic N) is 2. The van der Waals surface area contributed by atoms with Gasteiger partial charge in [-0.2, -0.15) is 5.10 Å². The van der Waals surface area contributed by atoms with Gasteiger partial charge in [-0.25, -0.2) is 0 Å². The van der Waals surface area contributed by atoms with Crippen molar-refractivity contribution < 1.29 is 9.90 Å². The maximum absolute atomic E-state index is 12.5. The maximum atomic E-state index is 12.5. The smallest absolute Gasteiger partial charge is 0.227 e. The van der Waals surface area contributed by atoms with Gasteiger partial charge in [-0.05, 0) is 32.6 Å². The minimum absolute atomic E-state index is 0.0336. The minimum atomic E-state index is -0.0336. The Morgan fingerprint density at radius 2 is 2.26 bits per heavy atom. The topological polar surface area (TPSA) is 69.2 Å². The molecule has 1 aliphatic rings. The van der Waals surface area contributed by atoms with Crippen molar-refractivity contribution in [2.24, 2.45) is 5.92 Å². The Hall–Kier alpha value is -1.36. The first-order valence-corrected chi connectivity index (χ1v) is 6.95. The second kappa shape index (κ2) is 5.74. The Labute approximate surface area is 114 Å². The van der Waals surface area contributed by atoms with Crippen molar-refractivity contribution in [1.82, 2.24) is 15.1 Å². The lowest BCUT2D eigenvalue weighted by Crippen LogP contribution is -2.50. The Morgan fingerprint density at radius 3 is 2.84 bits per heavy atom. The molecule has 1 aromatic rings. The number of aliphatic hydroxyl groups is 1. The molecule has 0 bridgehead atoms. The first-order chi connectivity index (χ1) is 9.04. The van der Waals surface area contributed by atoms with Gasteiger partial charge in [0.1, 0.15) is 0 Å². The molecule has 106 valence electrons. The molecular weight excluding hydrogens is 242 g/mol. The van der Waals surface area contributed by atoms with E-state index in [0.717, 1.165) is 36.3 Å². The van der Waals surface area contributed by atoms with Crippen molar-refractivity contribution in [1.29, 1.82) is 0 Å². The van der Waals surface area contributed by atoms with Crippen LogP contribution in [0.2, 0.25) is 0 Å². The molecule has 1 fully saturated rings. The second-order valence-corrected chi connectivity index (χ2v) is 5.55. The van der Waals surface area contributed by atoms with Crippen LogP contribution in [0.4, 0.5) is 0 Å². The number of nitrogens with one attached hydrogen (secondary N) is 1. The molecule has 1 aliphatic heterocycles. The average Bonchev–Trinajstić information content (AvgIpc) is 2.70. The number of carbonyl (C=O) groups is 1. The Kier molecular flexibility index (Phi) is 4.24. The zero-order chi connectivity index (χ0) is 14.0. The summed E-state index contributed by atoms with van der Waals surface area (Å²) >= 11 is 0. The van der Waals surface area contributed by atoms with Gasteiger partial charge in [0, 0.05) is 17.8 Å². The Morgan fingerprint density at radius 1 is 1.53 bits per heavy atom. The van der Waals surface area contributed by atoms with E-state index in [9.17, 15) is 9.90 Å². The van der Waals surface area contributed by atoms with Crippen LogP contribution in [0.3, 0.4) is 0 Å². The summed E-state index contributed by atoms with van der Waals surface area (Å²) in [4.78, 5) is 14.3. The molecule has 2 rings (SSSR count). The highest BCUT2D eigenvalue weighted by Crippen LogP contribution is 2.24. The highest BCUT2D eigenvalue weighted by molar-refractivity contribution is 5.79. The molecule has 2 atom stereocenters. The lowest BCUT2D eigenvalue weighted by molar-refractivity contribution is -0.136. The van der Waals surface area contributed by atoms with Crippen molar-refractivity contribution in [3.8, 4) is 0 Å². The molecule has 2 N–H and O–H groups in total. The highest BCUT2D eigenvalue weighted by Gasteiger charge is 2.31.